The molecule has 0 radical (unpaired) electrons. The zero-order valence-corrected chi connectivity index (χ0v) is 11.3. The third-order valence-corrected chi connectivity index (χ3v) is 3.95. The Morgan fingerprint density at radius 2 is 2.39 bits per heavy atom. The number of nitrogen functional groups attached to an aromatic ring is 1. The largest absolute Gasteiger partial charge is 0.465 e. The number of thioether (sulfide) groups is 1. The molecule has 18 heavy (non-hydrogen) atoms. The second kappa shape index (κ2) is 6.11. The molecule has 0 saturated carbocycles. The molecule has 0 amide bonds. The van der Waals surface area contributed by atoms with Crippen molar-refractivity contribution < 1.29 is 9.53 Å². The summed E-state index contributed by atoms with van der Waals surface area (Å²) in [5.41, 5.74) is 7.89. The van der Waals surface area contributed by atoms with E-state index in [1.54, 1.807) is 0 Å². The highest BCUT2D eigenvalue weighted by Gasteiger charge is 2.14. The van der Waals surface area contributed by atoms with Gasteiger partial charge in [0, 0.05) is 42.9 Å². The van der Waals surface area contributed by atoms with Gasteiger partial charge in [-0.05, 0) is 23.8 Å². The number of nitrogens with two attached hydrogens (primary N) is 1. The third-order valence-electron chi connectivity index (χ3n) is 2.86. The number of hydrogen-bond donors (Lipinski definition) is 1. The molecule has 4 nitrogen and oxygen atoms in total. The lowest BCUT2D eigenvalue weighted by atomic mass is 10.2. The number of anilines is 1. The second-order valence-corrected chi connectivity index (χ2v) is 5.47. The van der Waals surface area contributed by atoms with Gasteiger partial charge in [0.15, 0.2) is 0 Å². The zero-order chi connectivity index (χ0) is 13.0. The summed E-state index contributed by atoms with van der Waals surface area (Å²) in [4.78, 5) is 14.3. The second-order valence-electron chi connectivity index (χ2n) is 4.33. The Morgan fingerprint density at radius 1 is 1.56 bits per heavy atom. The summed E-state index contributed by atoms with van der Waals surface area (Å²) < 4.78 is 4.99. The maximum Gasteiger partial charge on any atom is 0.302 e. The minimum absolute atomic E-state index is 0.219. The molecule has 2 rings (SSSR count). The molecule has 0 unspecified atom stereocenters. The maximum absolute atomic E-state index is 10.7. The predicted molar refractivity (Wildman–Crippen MR) is 73.5 cm³/mol. The van der Waals surface area contributed by atoms with E-state index in [0.717, 1.165) is 31.1 Å². The molecule has 1 aromatic rings. The van der Waals surface area contributed by atoms with Gasteiger partial charge in [0.2, 0.25) is 0 Å². The van der Waals surface area contributed by atoms with Crippen LogP contribution in [-0.2, 0) is 16.1 Å². The standard InChI is InChI=1S/C13H18N2O2S/c1-10(16)17-6-4-15-5-7-18-13-3-2-12(14)8-11(13)9-15/h2-3,8H,4-7,9,14H2,1H3. The number of nitrogens with zero attached hydrogens (tertiary/aromatic N) is 1. The highest BCUT2D eigenvalue weighted by atomic mass is 32.2. The van der Waals surface area contributed by atoms with Gasteiger partial charge in [-0.1, -0.05) is 0 Å². The van der Waals surface area contributed by atoms with Gasteiger partial charge < -0.3 is 10.5 Å². The number of carbonyl (C=O) groups is 1. The van der Waals surface area contributed by atoms with Crippen LogP contribution in [0.4, 0.5) is 5.69 Å². The number of benzene rings is 1. The van der Waals surface area contributed by atoms with Crippen molar-refractivity contribution in [1.29, 1.82) is 0 Å². The van der Waals surface area contributed by atoms with Gasteiger partial charge in [-0.3, -0.25) is 9.69 Å². The monoisotopic (exact) mass is 266 g/mol. The van der Waals surface area contributed by atoms with Crippen LogP contribution in [0.5, 0.6) is 0 Å². The zero-order valence-electron chi connectivity index (χ0n) is 10.5. The molecule has 1 aliphatic rings. The number of carbonyl (C=O) groups excluding carboxylic acids is 1. The molecule has 0 atom stereocenters. The summed E-state index contributed by atoms with van der Waals surface area (Å²) in [5.74, 6) is 0.834. The first kappa shape index (κ1) is 13.2. The topological polar surface area (TPSA) is 55.6 Å². The van der Waals surface area contributed by atoms with Gasteiger partial charge in [-0.25, -0.2) is 0 Å². The SMILES string of the molecule is CC(=O)OCCN1CCSc2ccc(N)cc2C1. The Labute approximate surface area is 111 Å². The van der Waals surface area contributed by atoms with Crippen LogP contribution in [0.1, 0.15) is 12.5 Å². The predicted octanol–water partition coefficient (Wildman–Crippen LogP) is 1.74. The summed E-state index contributed by atoms with van der Waals surface area (Å²) in [7, 11) is 0. The van der Waals surface area contributed by atoms with Gasteiger partial charge in [0.1, 0.15) is 6.61 Å². The smallest absolute Gasteiger partial charge is 0.302 e. The highest BCUT2D eigenvalue weighted by Crippen LogP contribution is 2.28. The molecule has 0 fully saturated rings. The van der Waals surface area contributed by atoms with Crippen molar-refractivity contribution in [3.05, 3.63) is 23.8 Å². The molecule has 1 aromatic carbocycles. The van der Waals surface area contributed by atoms with Gasteiger partial charge in [-0.2, -0.15) is 0 Å². The van der Waals surface area contributed by atoms with Crippen LogP contribution in [0.25, 0.3) is 0 Å². The van der Waals surface area contributed by atoms with E-state index >= 15 is 0 Å². The molecule has 0 aliphatic carbocycles. The first-order chi connectivity index (χ1) is 8.65. The van der Waals surface area contributed by atoms with Crippen molar-refractivity contribution in [3.63, 3.8) is 0 Å². The number of rotatable bonds is 3. The fraction of sp³-hybridized carbons (Fsp3) is 0.462. The summed E-state index contributed by atoms with van der Waals surface area (Å²) in [6.07, 6.45) is 0. The number of ether oxygens (including phenoxy) is 1. The molecular formula is C13H18N2O2S. The lowest BCUT2D eigenvalue weighted by Gasteiger charge is -2.19. The van der Waals surface area contributed by atoms with E-state index in [1.807, 2.05) is 23.9 Å². The lowest BCUT2D eigenvalue weighted by Crippen LogP contribution is -2.29. The van der Waals surface area contributed by atoms with Crippen LogP contribution in [-0.4, -0.2) is 36.3 Å². The minimum Gasteiger partial charge on any atom is -0.465 e. The van der Waals surface area contributed by atoms with Gasteiger partial charge in [0.05, 0.1) is 0 Å². The molecule has 0 aromatic heterocycles. The molecular weight excluding hydrogens is 248 g/mol. The van der Waals surface area contributed by atoms with E-state index in [-0.39, 0.29) is 5.97 Å². The first-order valence-corrected chi connectivity index (χ1v) is 7.00. The van der Waals surface area contributed by atoms with E-state index in [1.165, 1.54) is 17.4 Å². The minimum atomic E-state index is -0.219. The lowest BCUT2D eigenvalue weighted by molar-refractivity contribution is -0.141. The summed E-state index contributed by atoms with van der Waals surface area (Å²) >= 11 is 1.86. The quantitative estimate of drug-likeness (QED) is 0.667. The number of esters is 1. The molecule has 1 aliphatic heterocycles. The van der Waals surface area contributed by atoms with Crippen molar-refractivity contribution in [1.82, 2.24) is 4.90 Å². The molecule has 98 valence electrons. The van der Waals surface area contributed by atoms with Crippen LogP contribution in [0.15, 0.2) is 23.1 Å². The molecule has 0 saturated heterocycles. The van der Waals surface area contributed by atoms with E-state index < -0.39 is 0 Å². The van der Waals surface area contributed by atoms with Gasteiger partial charge in [-0.15, -0.1) is 11.8 Å². The fourth-order valence-electron chi connectivity index (χ4n) is 1.98. The summed E-state index contributed by atoms with van der Waals surface area (Å²) in [6.45, 7) is 4.54. The first-order valence-electron chi connectivity index (χ1n) is 6.02. The van der Waals surface area contributed by atoms with Crippen LogP contribution in [0.3, 0.4) is 0 Å². The Kier molecular flexibility index (Phi) is 4.49. The van der Waals surface area contributed by atoms with Crippen molar-refractivity contribution in [2.75, 3.05) is 31.2 Å². The number of hydrogen-bond acceptors (Lipinski definition) is 5. The van der Waals surface area contributed by atoms with Gasteiger partial charge >= 0.3 is 5.97 Å². The van der Waals surface area contributed by atoms with Crippen LogP contribution >= 0.6 is 11.8 Å². The normalized spacial score (nSPS) is 15.8. The molecule has 2 N–H and O–H groups in total. The van der Waals surface area contributed by atoms with E-state index in [9.17, 15) is 4.79 Å². The third kappa shape index (κ3) is 3.65. The van der Waals surface area contributed by atoms with Crippen molar-refractivity contribution in [2.24, 2.45) is 0 Å². The number of fused-ring (bicyclic) bond motifs is 1. The Balaban J connectivity index is 1.97. The van der Waals surface area contributed by atoms with Crippen LogP contribution < -0.4 is 5.73 Å². The van der Waals surface area contributed by atoms with Crippen LogP contribution in [0, 0.1) is 0 Å². The fourth-order valence-corrected chi connectivity index (χ4v) is 3.02. The molecule has 5 heteroatoms. The van der Waals surface area contributed by atoms with Gasteiger partial charge in [0.25, 0.3) is 0 Å². The van der Waals surface area contributed by atoms with Crippen LogP contribution in [0.2, 0.25) is 0 Å². The van der Waals surface area contributed by atoms with Crippen molar-refractivity contribution >= 4 is 23.4 Å². The average Bonchev–Trinajstić information content (AvgIpc) is 2.49. The van der Waals surface area contributed by atoms with Crippen molar-refractivity contribution in [3.8, 4) is 0 Å². The van der Waals surface area contributed by atoms with Crippen molar-refractivity contribution in [2.45, 2.75) is 18.4 Å². The Morgan fingerprint density at radius 3 is 3.17 bits per heavy atom. The Hall–Kier alpha value is -1.20. The summed E-state index contributed by atoms with van der Waals surface area (Å²) in [6, 6.07) is 6.07. The van der Waals surface area contributed by atoms with E-state index in [0.29, 0.717) is 6.61 Å². The summed E-state index contributed by atoms with van der Waals surface area (Å²) in [5, 5.41) is 0. The molecule has 1 heterocycles. The molecule has 0 spiro atoms. The Bertz CT molecular complexity index is 437. The maximum atomic E-state index is 10.7. The van der Waals surface area contributed by atoms with E-state index in [4.69, 9.17) is 10.5 Å². The highest BCUT2D eigenvalue weighted by molar-refractivity contribution is 7.99. The average molecular weight is 266 g/mol. The van der Waals surface area contributed by atoms with E-state index in [2.05, 4.69) is 11.0 Å². The molecule has 0 bridgehead atoms.